The van der Waals surface area contributed by atoms with Crippen LogP contribution in [0.2, 0.25) is 18.1 Å². The van der Waals surface area contributed by atoms with Crippen molar-refractivity contribution in [2.45, 2.75) is 83.5 Å². The first-order chi connectivity index (χ1) is 12.7. The smallest absolute Gasteiger partial charge is 0.192 e. The number of oxime groups is 1. The van der Waals surface area contributed by atoms with E-state index in [0.717, 1.165) is 31.7 Å². The van der Waals surface area contributed by atoms with Gasteiger partial charge in [-0.05, 0) is 44.3 Å². The summed E-state index contributed by atoms with van der Waals surface area (Å²) in [6.07, 6.45) is 7.79. The molecule has 7 nitrogen and oxygen atoms in total. The van der Waals surface area contributed by atoms with Crippen molar-refractivity contribution in [3.05, 3.63) is 18.2 Å². The van der Waals surface area contributed by atoms with Gasteiger partial charge in [0.05, 0.1) is 18.9 Å². The average molecular weight is 398 g/mol. The quantitative estimate of drug-likeness (QED) is 0.302. The van der Waals surface area contributed by atoms with Crippen LogP contribution in [0.25, 0.3) is 0 Å². The maximum absolute atomic E-state index is 9.16. The van der Waals surface area contributed by atoms with Gasteiger partial charge in [0.15, 0.2) is 14.6 Å². The molecular formula is C19H35N3O4Si. The molecule has 1 saturated heterocycles. The minimum atomic E-state index is -1.92. The van der Waals surface area contributed by atoms with Gasteiger partial charge in [-0.2, -0.15) is 0 Å². The average Bonchev–Trinajstić information content (AvgIpc) is 3.08. The third-order valence-corrected chi connectivity index (χ3v) is 10.1. The van der Waals surface area contributed by atoms with Crippen molar-refractivity contribution in [3.63, 3.8) is 0 Å². The van der Waals surface area contributed by atoms with Crippen LogP contribution in [0.3, 0.4) is 0 Å². The molecule has 1 unspecified atom stereocenters. The molecule has 0 radical (unpaired) electrons. The second kappa shape index (κ2) is 9.32. The van der Waals surface area contributed by atoms with Crippen LogP contribution in [0.15, 0.2) is 17.5 Å². The topological polar surface area (TPSA) is 78.1 Å². The van der Waals surface area contributed by atoms with Crippen molar-refractivity contribution >= 4 is 14.5 Å². The molecule has 27 heavy (non-hydrogen) atoms. The molecule has 0 bridgehead atoms. The van der Waals surface area contributed by atoms with Gasteiger partial charge in [-0.3, -0.25) is 0 Å². The molecule has 1 N–H and O–H groups in total. The predicted octanol–water partition coefficient (Wildman–Crippen LogP) is 4.51. The standard InChI is InChI=1S/C19H35N3O4Si/c1-15(26-17-9-7-8-12-24-17)18-20-10-11-22(18)16(13-21-23)14-25-27(5,6)19(2,3)4/h10-11,13,15-17,23H,7-9,12,14H2,1-6H3/b21-13+/t15-,16-,17?/m0/s1. The first-order valence-corrected chi connectivity index (χ1v) is 12.7. The van der Waals surface area contributed by atoms with E-state index in [-0.39, 0.29) is 23.5 Å². The van der Waals surface area contributed by atoms with E-state index in [0.29, 0.717) is 6.61 Å². The number of hydrogen-bond acceptors (Lipinski definition) is 6. The Labute approximate surface area is 163 Å². The van der Waals surface area contributed by atoms with Crippen molar-refractivity contribution in [3.8, 4) is 0 Å². The van der Waals surface area contributed by atoms with E-state index in [1.54, 1.807) is 6.20 Å². The van der Waals surface area contributed by atoms with Gasteiger partial charge < -0.3 is 23.7 Å². The van der Waals surface area contributed by atoms with E-state index in [4.69, 9.17) is 19.1 Å². The maximum Gasteiger partial charge on any atom is 0.192 e. The van der Waals surface area contributed by atoms with E-state index < -0.39 is 8.32 Å². The molecule has 3 atom stereocenters. The van der Waals surface area contributed by atoms with Crippen molar-refractivity contribution in [2.24, 2.45) is 5.16 Å². The molecule has 0 saturated carbocycles. The van der Waals surface area contributed by atoms with Gasteiger partial charge in [-0.25, -0.2) is 4.98 Å². The van der Waals surface area contributed by atoms with Crippen LogP contribution in [-0.4, -0.2) is 48.8 Å². The highest BCUT2D eigenvalue weighted by atomic mass is 28.4. The number of imidazole rings is 1. The van der Waals surface area contributed by atoms with Crippen LogP contribution in [0.4, 0.5) is 0 Å². The molecule has 1 aromatic heterocycles. The molecule has 0 aliphatic carbocycles. The van der Waals surface area contributed by atoms with Crippen LogP contribution in [0, 0.1) is 0 Å². The Morgan fingerprint density at radius 2 is 2.19 bits per heavy atom. The van der Waals surface area contributed by atoms with Gasteiger partial charge in [0, 0.05) is 19.0 Å². The lowest BCUT2D eigenvalue weighted by Crippen LogP contribution is -2.42. The van der Waals surface area contributed by atoms with Gasteiger partial charge >= 0.3 is 0 Å². The summed E-state index contributed by atoms with van der Waals surface area (Å²) < 4.78 is 20.0. The number of nitrogens with zero attached hydrogens (tertiary/aromatic N) is 3. The maximum atomic E-state index is 9.16. The van der Waals surface area contributed by atoms with Crippen molar-refractivity contribution in [1.82, 2.24) is 9.55 Å². The summed E-state index contributed by atoms with van der Waals surface area (Å²) in [5.41, 5.74) is 0. The second-order valence-electron chi connectivity index (χ2n) is 8.67. The molecule has 1 aliphatic rings. The number of ether oxygens (including phenoxy) is 2. The lowest BCUT2D eigenvalue weighted by molar-refractivity contribution is -0.188. The van der Waals surface area contributed by atoms with Crippen LogP contribution in [0.5, 0.6) is 0 Å². The molecule has 2 heterocycles. The summed E-state index contributed by atoms with van der Waals surface area (Å²) in [6.45, 7) is 14.2. The highest BCUT2D eigenvalue weighted by Gasteiger charge is 2.37. The fraction of sp³-hybridized carbons (Fsp3) is 0.789. The minimum Gasteiger partial charge on any atom is -0.414 e. The van der Waals surface area contributed by atoms with Crippen molar-refractivity contribution in [2.75, 3.05) is 13.2 Å². The Hall–Kier alpha value is -1.22. The molecule has 2 rings (SSSR count). The highest BCUT2D eigenvalue weighted by Crippen LogP contribution is 2.37. The molecule has 0 aromatic carbocycles. The SMILES string of the molecule is C[C@H](OC1CCCCO1)c1nccn1[C@@H](/C=N/O)CO[Si](C)(C)C(C)(C)C. The Bertz CT molecular complexity index is 606. The Morgan fingerprint density at radius 3 is 2.78 bits per heavy atom. The lowest BCUT2D eigenvalue weighted by atomic mass is 10.2. The summed E-state index contributed by atoms with van der Waals surface area (Å²) in [6, 6.07) is -0.250. The van der Waals surface area contributed by atoms with Crippen LogP contribution < -0.4 is 0 Å². The summed E-state index contributed by atoms with van der Waals surface area (Å²) >= 11 is 0. The fourth-order valence-corrected chi connectivity index (χ4v) is 3.83. The first-order valence-electron chi connectivity index (χ1n) is 9.77. The number of aromatic nitrogens is 2. The zero-order valence-corrected chi connectivity index (χ0v) is 18.5. The zero-order valence-electron chi connectivity index (χ0n) is 17.5. The normalized spacial score (nSPS) is 21.5. The van der Waals surface area contributed by atoms with E-state index in [2.05, 4.69) is 44.0 Å². The van der Waals surface area contributed by atoms with Gasteiger partial charge in [0.1, 0.15) is 11.9 Å². The molecule has 1 aliphatic heterocycles. The highest BCUT2D eigenvalue weighted by molar-refractivity contribution is 6.74. The van der Waals surface area contributed by atoms with Gasteiger partial charge in [0.2, 0.25) is 0 Å². The van der Waals surface area contributed by atoms with Crippen molar-refractivity contribution < 1.29 is 19.1 Å². The van der Waals surface area contributed by atoms with E-state index in [9.17, 15) is 0 Å². The molecule has 0 amide bonds. The first kappa shape index (κ1) is 22.1. The van der Waals surface area contributed by atoms with Crippen LogP contribution >= 0.6 is 0 Å². The monoisotopic (exact) mass is 397 g/mol. The molecule has 1 aromatic rings. The largest absolute Gasteiger partial charge is 0.414 e. The second-order valence-corrected chi connectivity index (χ2v) is 13.5. The predicted molar refractivity (Wildman–Crippen MR) is 108 cm³/mol. The van der Waals surface area contributed by atoms with Crippen LogP contribution in [0.1, 0.15) is 64.9 Å². The number of hydrogen-bond donors (Lipinski definition) is 1. The third-order valence-electron chi connectivity index (χ3n) is 5.57. The van der Waals surface area contributed by atoms with E-state index >= 15 is 0 Å². The molecule has 1 fully saturated rings. The third kappa shape index (κ3) is 5.87. The minimum absolute atomic E-state index is 0.112. The van der Waals surface area contributed by atoms with Crippen LogP contribution in [-0.2, 0) is 13.9 Å². The fourth-order valence-electron chi connectivity index (χ4n) is 2.81. The van der Waals surface area contributed by atoms with Gasteiger partial charge in [-0.1, -0.05) is 25.9 Å². The van der Waals surface area contributed by atoms with Crippen molar-refractivity contribution in [1.29, 1.82) is 0 Å². The Morgan fingerprint density at radius 1 is 1.44 bits per heavy atom. The summed E-state index contributed by atoms with van der Waals surface area (Å²) in [4.78, 5) is 4.47. The van der Waals surface area contributed by atoms with Gasteiger partial charge in [0.25, 0.3) is 0 Å². The lowest BCUT2D eigenvalue weighted by Gasteiger charge is -2.37. The van der Waals surface area contributed by atoms with E-state index in [1.165, 1.54) is 6.21 Å². The zero-order chi connectivity index (χ0) is 20.1. The Balaban J connectivity index is 2.10. The number of rotatable bonds is 8. The summed E-state index contributed by atoms with van der Waals surface area (Å²) in [5, 5.41) is 12.5. The van der Waals surface area contributed by atoms with Gasteiger partial charge in [-0.15, -0.1) is 0 Å². The Kier molecular flexibility index (Phi) is 7.61. The molecule has 8 heteroatoms. The molecular weight excluding hydrogens is 362 g/mol. The molecule has 154 valence electrons. The summed E-state index contributed by atoms with van der Waals surface area (Å²) in [5.74, 6) is 0.771. The van der Waals surface area contributed by atoms with E-state index in [1.807, 2.05) is 17.7 Å². The molecule has 0 spiro atoms. The summed E-state index contributed by atoms with van der Waals surface area (Å²) in [7, 11) is -1.92.